The average molecular weight is 293 g/mol. The summed E-state index contributed by atoms with van der Waals surface area (Å²) in [4.78, 5) is 23.0. The largest absolute Gasteiger partial charge is 0.495 e. The number of amides is 3. The maximum Gasteiger partial charge on any atom is 0.319 e. The van der Waals surface area contributed by atoms with Crippen molar-refractivity contribution >= 4 is 23.3 Å². The third-order valence-corrected chi connectivity index (χ3v) is 3.03. The van der Waals surface area contributed by atoms with Gasteiger partial charge in [-0.2, -0.15) is 0 Å². The SMILES string of the molecule is COc1ccc(NC(=O)N[C@@H]2CCOC2)cc1NC(C)=O. The predicted octanol–water partition coefficient (Wildman–Crippen LogP) is 1.56. The highest BCUT2D eigenvalue weighted by molar-refractivity contribution is 5.94. The van der Waals surface area contributed by atoms with Crippen molar-refractivity contribution in [3.05, 3.63) is 18.2 Å². The Morgan fingerprint density at radius 1 is 1.33 bits per heavy atom. The minimum absolute atomic E-state index is 0.0399. The molecule has 0 bridgehead atoms. The summed E-state index contributed by atoms with van der Waals surface area (Å²) >= 11 is 0. The van der Waals surface area contributed by atoms with Crippen molar-refractivity contribution in [2.75, 3.05) is 31.0 Å². The first-order chi connectivity index (χ1) is 10.1. The molecule has 0 spiro atoms. The summed E-state index contributed by atoms with van der Waals surface area (Å²) in [6.45, 7) is 2.61. The van der Waals surface area contributed by atoms with Crippen molar-refractivity contribution < 1.29 is 19.1 Å². The summed E-state index contributed by atoms with van der Waals surface area (Å²) in [5.41, 5.74) is 1.07. The number of anilines is 2. The number of carbonyl (C=O) groups excluding carboxylic acids is 2. The summed E-state index contributed by atoms with van der Waals surface area (Å²) in [5.74, 6) is 0.318. The van der Waals surface area contributed by atoms with Gasteiger partial charge in [-0.15, -0.1) is 0 Å². The molecule has 0 radical (unpaired) electrons. The monoisotopic (exact) mass is 293 g/mol. The molecule has 1 fully saturated rings. The zero-order valence-corrected chi connectivity index (χ0v) is 12.1. The molecule has 1 aliphatic rings. The lowest BCUT2D eigenvalue weighted by atomic mass is 10.2. The Balaban J connectivity index is 2.01. The van der Waals surface area contributed by atoms with Gasteiger partial charge in [0.1, 0.15) is 5.75 Å². The van der Waals surface area contributed by atoms with Crippen LogP contribution in [0.4, 0.5) is 16.2 Å². The molecule has 7 nitrogen and oxygen atoms in total. The molecule has 1 aromatic rings. The highest BCUT2D eigenvalue weighted by Gasteiger charge is 2.17. The average Bonchev–Trinajstić information content (AvgIpc) is 2.91. The van der Waals surface area contributed by atoms with E-state index in [9.17, 15) is 9.59 Å². The van der Waals surface area contributed by atoms with Crippen molar-refractivity contribution in [2.45, 2.75) is 19.4 Å². The van der Waals surface area contributed by atoms with Crippen LogP contribution in [0.15, 0.2) is 18.2 Å². The lowest BCUT2D eigenvalue weighted by Crippen LogP contribution is -2.38. The van der Waals surface area contributed by atoms with Gasteiger partial charge in [-0.05, 0) is 24.6 Å². The zero-order valence-electron chi connectivity index (χ0n) is 12.1. The molecule has 7 heteroatoms. The molecule has 21 heavy (non-hydrogen) atoms. The molecule has 114 valence electrons. The summed E-state index contributed by atoms with van der Waals surface area (Å²) in [6, 6.07) is 4.77. The first kappa shape index (κ1) is 15.1. The fourth-order valence-corrected chi connectivity index (χ4v) is 2.07. The van der Waals surface area contributed by atoms with Crippen LogP contribution in [0.2, 0.25) is 0 Å². The number of ether oxygens (including phenoxy) is 2. The number of benzene rings is 1. The number of hydrogen-bond acceptors (Lipinski definition) is 4. The Hall–Kier alpha value is -2.28. The Bertz CT molecular complexity index is 527. The predicted molar refractivity (Wildman–Crippen MR) is 78.7 cm³/mol. The highest BCUT2D eigenvalue weighted by Crippen LogP contribution is 2.27. The lowest BCUT2D eigenvalue weighted by molar-refractivity contribution is -0.114. The van der Waals surface area contributed by atoms with E-state index < -0.39 is 0 Å². The van der Waals surface area contributed by atoms with Gasteiger partial charge in [0.25, 0.3) is 0 Å². The normalized spacial score (nSPS) is 17.1. The summed E-state index contributed by atoms with van der Waals surface area (Å²) < 4.78 is 10.3. The molecule has 3 amide bonds. The molecule has 1 aliphatic heterocycles. The maximum absolute atomic E-state index is 11.9. The van der Waals surface area contributed by atoms with Gasteiger partial charge in [0, 0.05) is 19.2 Å². The van der Waals surface area contributed by atoms with Crippen molar-refractivity contribution in [1.82, 2.24) is 5.32 Å². The van der Waals surface area contributed by atoms with Crippen LogP contribution < -0.4 is 20.7 Å². The van der Waals surface area contributed by atoms with Crippen LogP contribution in [0.5, 0.6) is 5.75 Å². The van der Waals surface area contributed by atoms with Crippen LogP contribution in [-0.4, -0.2) is 38.3 Å². The summed E-state index contributed by atoms with van der Waals surface area (Å²) in [7, 11) is 1.51. The van der Waals surface area contributed by atoms with E-state index in [2.05, 4.69) is 16.0 Å². The molecule has 1 heterocycles. The van der Waals surface area contributed by atoms with E-state index >= 15 is 0 Å². The van der Waals surface area contributed by atoms with E-state index in [-0.39, 0.29) is 18.0 Å². The third kappa shape index (κ3) is 4.35. The molecule has 0 unspecified atom stereocenters. The van der Waals surface area contributed by atoms with Crippen LogP contribution >= 0.6 is 0 Å². The number of rotatable bonds is 4. The standard InChI is InChI=1S/C14H19N3O4/c1-9(18)15-12-7-10(3-4-13(12)20-2)16-14(19)17-11-5-6-21-8-11/h3-4,7,11H,5-6,8H2,1-2H3,(H,15,18)(H2,16,17,19)/t11-/m1/s1. The van der Waals surface area contributed by atoms with Crippen molar-refractivity contribution in [2.24, 2.45) is 0 Å². The van der Waals surface area contributed by atoms with Gasteiger partial charge in [-0.3, -0.25) is 4.79 Å². The molecular formula is C14H19N3O4. The second kappa shape index (κ2) is 6.94. The van der Waals surface area contributed by atoms with E-state index in [4.69, 9.17) is 9.47 Å². The fraction of sp³-hybridized carbons (Fsp3) is 0.429. The third-order valence-electron chi connectivity index (χ3n) is 3.03. The van der Waals surface area contributed by atoms with Crippen LogP contribution in [0.25, 0.3) is 0 Å². The summed E-state index contributed by atoms with van der Waals surface area (Å²) in [5, 5.41) is 8.20. The molecule has 1 saturated heterocycles. The van der Waals surface area contributed by atoms with Gasteiger partial charge < -0.3 is 25.4 Å². The van der Waals surface area contributed by atoms with Crippen LogP contribution in [0.3, 0.4) is 0 Å². The second-order valence-corrected chi connectivity index (χ2v) is 4.76. The molecule has 0 aliphatic carbocycles. The van der Waals surface area contributed by atoms with E-state index in [0.29, 0.717) is 30.3 Å². The minimum Gasteiger partial charge on any atom is -0.495 e. The van der Waals surface area contributed by atoms with Crippen molar-refractivity contribution in [3.63, 3.8) is 0 Å². The van der Waals surface area contributed by atoms with Gasteiger partial charge >= 0.3 is 6.03 Å². The quantitative estimate of drug-likeness (QED) is 0.786. The highest BCUT2D eigenvalue weighted by atomic mass is 16.5. The Morgan fingerprint density at radius 2 is 2.14 bits per heavy atom. The van der Waals surface area contributed by atoms with Gasteiger partial charge in [0.2, 0.25) is 5.91 Å². The molecule has 0 saturated carbocycles. The number of nitrogens with one attached hydrogen (secondary N) is 3. The molecule has 1 atom stereocenters. The van der Waals surface area contributed by atoms with Gasteiger partial charge in [0.15, 0.2) is 0 Å². The number of urea groups is 1. The fourth-order valence-electron chi connectivity index (χ4n) is 2.07. The van der Waals surface area contributed by atoms with E-state index in [1.54, 1.807) is 18.2 Å². The van der Waals surface area contributed by atoms with Crippen molar-refractivity contribution in [1.29, 1.82) is 0 Å². The van der Waals surface area contributed by atoms with Crippen molar-refractivity contribution in [3.8, 4) is 5.75 Å². The van der Waals surface area contributed by atoms with Crippen LogP contribution in [0, 0.1) is 0 Å². The second-order valence-electron chi connectivity index (χ2n) is 4.76. The molecular weight excluding hydrogens is 274 g/mol. The number of hydrogen-bond donors (Lipinski definition) is 3. The molecule has 0 aromatic heterocycles. The Morgan fingerprint density at radius 3 is 2.76 bits per heavy atom. The first-order valence-electron chi connectivity index (χ1n) is 6.69. The molecule has 1 aromatic carbocycles. The maximum atomic E-state index is 11.9. The first-order valence-corrected chi connectivity index (χ1v) is 6.69. The van der Waals surface area contributed by atoms with Crippen LogP contribution in [0.1, 0.15) is 13.3 Å². The molecule has 3 N–H and O–H groups in total. The van der Waals surface area contributed by atoms with Gasteiger partial charge in [0.05, 0.1) is 25.4 Å². The van der Waals surface area contributed by atoms with Crippen LogP contribution in [-0.2, 0) is 9.53 Å². The number of carbonyl (C=O) groups is 2. The lowest BCUT2D eigenvalue weighted by Gasteiger charge is -2.14. The van der Waals surface area contributed by atoms with Gasteiger partial charge in [-0.25, -0.2) is 4.79 Å². The minimum atomic E-state index is -0.301. The zero-order chi connectivity index (χ0) is 15.2. The summed E-state index contributed by atoms with van der Waals surface area (Å²) in [6.07, 6.45) is 0.813. The van der Waals surface area contributed by atoms with E-state index in [0.717, 1.165) is 6.42 Å². The number of methoxy groups -OCH3 is 1. The van der Waals surface area contributed by atoms with E-state index in [1.807, 2.05) is 0 Å². The van der Waals surface area contributed by atoms with E-state index in [1.165, 1.54) is 14.0 Å². The Labute approximate surface area is 123 Å². The Kier molecular flexibility index (Phi) is 4.99. The topological polar surface area (TPSA) is 88.7 Å². The smallest absolute Gasteiger partial charge is 0.319 e. The van der Waals surface area contributed by atoms with Gasteiger partial charge in [-0.1, -0.05) is 0 Å². The molecule has 2 rings (SSSR count).